The number of benzene rings is 2. The van der Waals surface area contributed by atoms with Crippen LogP contribution < -0.4 is 15.4 Å². The van der Waals surface area contributed by atoms with E-state index in [0.29, 0.717) is 5.69 Å². The maximum Gasteiger partial charge on any atom is 0.387 e. The first kappa shape index (κ1) is 22.8. The largest absolute Gasteiger partial charge is 0.452 e. The van der Waals surface area contributed by atoms with Crippen molar-refractivity contribution in [1.82, 2.24) is 5.32 Å². The summed E-state index contributed by atoms with van der Waals surface area (Å²) in [5, 5.41) is 5.10. The third kappa shape index (κ3) is 6.84. The monoisotopic (exact) mass is 420 g/mol. The second-order valence-corrected chi connectivity index (χ2v) is 6.58. The first-order valence-corrected chi connectivity index (χ1v) is 9.02. The van der Waals surface area contributed by atoms with Gasteiger partial charge in [-0.25, -0.2) is 4.79 Å². The number of carbonyl (C=O) groups excluding carboxylic acids is 3. The molecular weight excluding hydrogens is 398 g/mol. The van der Waals surface area contributed by atoms with E-state index in [1.54, 1.807) is 0 Å². The van der Waals surface area contributed by atoms with Gasteiger partial charge in [-0.05, 0) is 56.2 Å². The van der Waals surface area contributed by atoms with Crippen LogP contribution in [0.1, 0.15) is 27.0 Å². The van der Waals surface area contributed by atoms with Gasteiger partial charge in [0.15, 0.2) is 6.61 Å². The summed E-state index contributed by atoms with van der Waals surface area (Å²) in [4.78, 5) is 35.8. The molecule has 2 aromatic carbocycles. The third-order valence-corrected chi connectivity index (χ3v) is 4.04. The van der Waals surface area contributed by atoms with Crippen LogP contribution in [0.25, 0.3) is 0 Å². The Morgan fingerprint density at radius 3 is 2.13 bits per heavy atom. The van der Waals surface area contributed by atoms with Crippen molar-refractivity contribution in [2.45, 2.75) is 27.4 Å². The molecule has 160 valence electrons. The number of ether oxygens (including phenoxy) is 2. The molecular formula is C21H22F2N2O5. The van der Waals surface area contributed by atoms with Crippen molar-refractivity contribution in [2.24, 2.45) is 0 Å². The predicted molar refractivity (Wildman–Crippen MR) is 106 cm³/mol. The van der Waals surface area contributed by atoms with Gasteiger partial charge in [0, 0.05) is 5.69 Å². The van der Waals surface area contributed by atoms with Crippen molar-refractivity contribution >= 4 is 23.5 Å². The van der Waals surface area contributed by atoms with Crippen LogP contribution in [0.2, 0.25) is 0 Å². The van der Waals surface area contributed by atoms with E-state index in [2.05, 4.69) is 15.4 Å². The van der Waals surface area contributed by atoms with Gasteiger partial charge in [0.2, 0.25) is 5.91 Å². The topological polar surface area (TPSA) is 93.7 Å². The minimum atomic E-state index is -2.97. The van der Waals surface area contributed by atoms with E-state index in [4.69, 9.17) is 4.74 Å². The second-order valence-electron chi connectivity index (χ2n) is 6.58. The molecule has 0 saturated carbocycles. The van der Waals surface area contributed by atoms with Gasteiger partial charge in [-0.1, -0.05) is 17.7 Å². The first-order chi connectivity index (χ1) is 14.2. The molecule has 0 aliphatic heterocycles. The molecule has 0 atom stereocenters. The second kappa shape index (κ2) is 10.3. The van der Waals surface area contributed by atoms with Gasteiger partial charge < -0.3 is 20.1 Å². The standard InChI is InChI=1S/C21H22F2N2O5/c1-12-8-13(2)19(14(3)9-12)25-17(26)10-24-18(27)11-29-20(28)15-4-6-16(7-5-15)30-21(22)23/h4-9,21H,10-11H2,1-3H3,(H,24,27)(H,25,26). The number of halogens is 2. The number of anilines is 1. The molecule has 30 heavy (non-hydrogen) atoms. The van der Waals surface area contributed by atoms with Crippen molar-refractivity contribution < 1.29 is 32.6 Å². The molecule has 0 spiro atoms. The van der Waals surface area contributed by atoms with Gasteiger partial charge in [-0.2, -0.15) is 8.78 Å². The van der Waals surface area contributed by atoms with Gasteiger partial charge in [0.1, 0.15) is 5.75 Å². The molecule has 0 aliphatic rings. The highest BCUT2D eigenvalue weighted by Crippen LogP contribution is 2.21. The Balaban J connectivity index is 1.78. The molecule has 9 heteroatoms. The summed E-state index contributed by atoms with van der Waals surface area (Å²) in [6, 6.07) is 8.71. The molecule has 2 amide bonds. The average Bonchev–Trinajstić information content (AvgIpc) is 2.67. The van der Waals surface area contributed by atoms with Crippen LogP contribution in [0.4, 0.5) is 14.5 Å². The fourth-order valence-corrected chi connectivity index (χ4v) is 2.78. The summed E-state index contributed by atoms with van der Waals surface area (Å²) >= 11 is 0. The smallest absolute Gasteiger partial charge is 0.387 e. The van der Waals surface area contributed by atoms with Gasteiger partial charge in [0.05, 0.1) is 12.1 Å². The Labute approximate surface area is 172 Å². The SMILES string of the molecule is Cc1cc(C)c(NC(=O)CNC(=O)COC(=O)c2ccc(OC(F)F)cc2)c(C)c1. The highest BCUT2D eigenvalue weighted by atomic mass is 19.3. The summed E-state index contributed by atoms with van der Waals surface area (Å²) in [6.45, 7) is 1.85. The molecule has 2 rings (SSSR count). The summed E-state index contributed by atoms with van der Waals surface area (Å²) in [7, 11) is 0. The van der Waals surface area contributed by atoms with Crippen LogP contribution in [0.3, 0.4) is 0 Å². The molecule has 0 saturated heterocycles. The minimum Gasteiger partial charge on any atom is -0.452 e. The molecule has 0 aromatic heterocycles. The lowest BCUT2D eigenvalue weighted by Gasteiger charge is -2.13. The fraction of sp³-hybridized carbons (Fsp3) is 0.286. The van der Waals surface area contributed by atoms with Crippen LogP contribution in [0, 0.1) is 20.8 Å². The fourth-order valence-electron chi connectivity index (χ4n) is 2.78. The van der Waals surface area contributed by atoms with Crippen molar-refractivity contribution in [2.75, 3.05) is 18.5 Å². The Bertz CT molecular complexity index is 906. The van der Waals surface area contributed by atoms with Crippen molar-refractivity contribution in [3.63, 3.8) is 0 Å². The van der Waals surface area contributed by atoms with E-state index in [1.165, 1.54) is 24.3 Å². The normalized spacial score (nSPS) is 10.5. The zero-order valence-corrected chi connectivity index (χ0v) is 16.8. The van der Waals surface area contributed by atoms with Crippen LogP contribution >= 0.6 is 0 Å². The van der Waals surface area contributed by atoms with Crippen LogP contribution in [0.5, 0.6) is 5.75 Å². The molecule has 0 bridgehead atoms. The van der Waals surface area contributed by atoms with E-state index in [0.717, 1.165) is 16.7 Å². The molecule has 0 aliphatic carbocycles. The summed E-state index contributed by atoms with van der Waals surface area (Å²) in [6.07, 6.45) is 0. The van der Waals surface area contributed by atoms with Gasteiger partial charge in [-0.3, -0.25) is 9.59 Å². The number of rotatable bonds is 8. The number of nitrogens with one attached hydrogen (secondary N) is 2. The maximum atomic E-state index is 12.1. The van der Waals surface area contributed by atoms with Crippen molar-refractivity contribution in [3.05, 3.63) is 58.7 Å². The molecule has 0 unspecified atom stereocenters. The number of amides is 2. The number of aryl methyl sites for hydroxylation is 3. The molecule has 0 heterocycles. The van der Waals surface area contributed by atoms with Gasteiger partial charge >= 0.3 is 12.6 Å². The lowest BCUT2D eigenvalue weighted by Crippen LogP contribution is -2.35. The lowest BCUT2D eigenvalue weighted by atomic mass is 10.1. The van der Waals surface area contributed by atoms with Crippen LogP contribution in [-0.4, -0.2) is 37.5 Å². The molecule has 7 nitrogen and oxygen atoms in total. The number of alkyl halides is 2. The number of hydrogen-bond acceptors (Lipinski definition) is 5. The zero-order valence-electron chi connectivity index (χ0n) is 16.8. The number of carbonyl (C=O) groups is 3. The highest BCUT2D eigenvalue weighted by Gasteiger charge is 2.13. The number of esters is 1. The Hall–Kier alpha value is -3.49. The Kier molecular flexibility index (Phi) is 7.85. The lowest BCUT2D eigenvalue weighted by molar-refractivity contribution is -0.126. The summed E-state index contributed by atoms with van der Waals surface area (Å²) in [5.74, 6) is -2.00. The highest BCUT2D eigenvalue weighted by molar-refractivity contribution is 5.96. The third-order valence-electron chi connectivity index (χ3n) is 4.04. The van der Waals surface area contributed by atoms with E-state index in [9.17, 15) is 23.2 Å². The van der Waals surface area contributed by atoms with Gasteiger partial charge in [-0.15, -0.1) is 0 Å². The molecule has 2 aromatic rings. The first-order valence-electron chi connectivity index (χ1n) is 9.02. The average molecular weight is 420 g/mol. The maximum absolute atomic E-state index is 12.1. The molecule has 0 radical (unpaired) electrons. The molecule has 0 fully saturated rings. The van der Waals surface area contributed by atoms with E-state index in [1.807, 2.05) is 32.9 Å². The quantitative estimate of drug-likeness (QED) is 0.640. The van der Waals surface area contributed by atoms with Crippen LogP contribution in [-0.2, 0) is 14.3 Å². The van der Waals surface area contributed by atoms with Gasteiger partial charge in [0.25, 0.3) is 5.91 Å². The van der Waals surface area contributed by atoms with E-state index >= 15 is 0 Å². The van der Waals surface area contributed by atoms with Crippen LogP contribution in [0.15, 0.2) is 36.4 Å². The van der Waals surface area contributed by atoms with Crippen molar-refractivity contribution in [3.8, 4) is 5.75 Å². The predicted octanol–water partition coefficient (Wildman–Crippen LogP) is 3.12. The van der Waals surface area contributed by atoms with E-state index in [-0.39, 0.29) is 17.9 Å². The summed E-state index contributed by atoms with van der Waals surface area (Å²) in [5.41, 5.74) is 3.64. The minimum absolute atomic E-state index is 0.0625. The van der Waals surface area contributed by atoms with E-state index < -0.39 is 31.0 Å². The summed E-state index contributed by atoms with van der Waals surface area (Å²) < 4.78 is 33.2. The Morgan fingerprint density at radius 2 is 1.57 bits per heavy atom. The molecule has 2 N–H and O–H groups in total. The Morgan fingerprint density at radius 1 is 0.967 bits per heavy atom. The number of hydrogen-bond donors (Lipinski definition) is 2. The van der Waals surface area contributed by atoms with Crippen molar-refractivity contribution in [1.29, 1.82) is 0 Å². The zero-order chi connectivity index (χ0) is 22.3.